The van der Waals surface area contributed by atoms with Crippen molar-refractivity contribution in [2.24, 2.45) is 0 Å². The van der Waals surface area contributed by atoms with Gasteiger partial charge in [-0.1, -0.05) is 0 Å². The van der Waals surface area contributed by atoms with Gasteiger partial charge in [0.25, 0.3) is 0 Å². The molecule has 0 amide bonds. The van der Waals surface area contributed by atoms with Crippen molar-refractivity contribution >= 4 is 11.7 Å². The molecule has 0 unspecified atom stereocenters. The van der Waals surface area contributed by atoms with Crippen LogP contribution in [0.25, 0.3) is 0 Å². The van der Waals surface area contributed by atoms with Crippen molar-refractivity contribution in [3.8, 4) is 0 Å². The predicted molar refractivity (Wildman–Crippen MR) is 44.1 cm³/mol. The molecule has 0 aromatic heterocycles. The Balaban J connectivity index is 3.36. The molecule has 62 valence electrons. The number of nitrogen functional groups attached to an aromatic ring is 1. The summed E-state index contributed by atoms with van der Waals surface area (Å²) in [6.45, 7) is 0. The van der Waals surface area contributed by atoms with Gasteiger partial charge < -0.3 is 10.8 Å². The van der Waals surface area contributed by atoms with E-state index in [4.69, 9.17) is 10.8 Å². The smallest absolute Gasteiger partial charge is 0.335 e. The van der Waals surface area contributed by atoms with Crippen LogP contribution in [-0.4, -0.2) is 11.1 Å². The molecule has 0 bridgehead atoms. The maximum Gasteiger partial charge on any atom is 0.335 e. The van der Waals surface area contributed by atoms with E-state index in [0.717, 1.165) is 6.07 Å². The summed E-state index contributed by atoms with van der Waals surface area (Å²) >= 11 is 0. The molecule has 0 aliphatic rings. The lowest BCUT2D eigenvalue weighted by Crippen LogP contribution is -2.01. The molecule has 1 aromatic carbocycles. The average Bonchev–Trinajstić information content (AvgIpc) is 2.16. The Morgan fingerprint density at radius 1 is 1.25 bits per heavy atom. The van der Waals surface area contributed by atoms with E-state index in [2.05, 4.69) is 0 Å². The number of aromatic carboxylic acids is 1. The lowest BCUT2D eigenvalue weighted by molar-refractivity contribution is 0.0697. The first-order valence-corrected chi connectivity index (χ1v) is 3.24. The van der Waals surface area contributed by atoms with Gasteiger partial charge in [0.2, 0.25) is 5.43 Å². The first kappa shape index (κ1) is 8.26. The third-order valence-electron chi connectivity index (χ3n) is 1.39. The van der Waals surface area contributed by atoms with Crippen molar-refractivity contribution in [1.29, 1.82) is 0 Å². The fraction of sp³-hybridized carbons (Fsp3) is 0. The summed E-state index contributed by atoms with van der Waals surface area (Å²) in [5.74, 6) is -1.08. The van der Waals surface area contributed by atoms with Crippen LogP contribution in [0.5, 0.6) is 0 Å². The number of rotatable bonds is 1. The van der Waals surface area contributed by atoms with E-state index in [0.29, 0.717) is 0 Å². The van der Waals surface area contributed by atoms with Crippen molar-refractivity contribution in [1.82, 2.24) is 0 Å². The normalized spacial score (nSPS) is 9.33. The summed E-state index contributed by atoms with van der Waals surface area (Å²) in [5.41, 5.74) is 4.98. The van der Waals surface area contributed by atoms with Crippen LogP contribution in [0.1, 0.15) is 10.4 Å². The van der Waals surface area contributed by atoms with Gasteiger partial charge in [-0.15, -0.1) is 0 Å². The number of carbonyl (C=O) groups is 1. The van der Waals surface area contributed by atoms with Crippen molar-refractivity contribution in [2.45, 2.75) is 0 Å². The first-order valence-electron chi connectivity index (χ1n) is 3.24. The van der Waals surface area contributed by atoms with Gasteiger partial charge in [0.1, 0.15) is 0 Å². The maximum absolute atomic E-state index is 10.9. The van der Waals surface area contributed by atoms with E-state index in [1.165, 1.54) is 18.2 Å². The fourth-order valence-corrected chi connectivity index (χ4v) is 0.722. The molecular weight excluding hydrogens is 158 g/mol. The summed E-state index contributed by atoms with van der Waals surface area (Å²) in [7, 11) is 0. The van der Waals surface area contributed by atoms with Gasteiger partial charge in [-0.25, -0.2) is 4.79 Å². The van der Waals surface area contributed by atoms with Crippen molar-refractivity contribution in [3.63, 3.8) is 0 Å². The summed E-state index contributed by atoms with van der Waals surface area (Å²) < 4.78 is 0. The Kier molecular flexibility index (Phi) is 2.09. The van der Waals surface area contributed by atoms with Gasteiger partial charge in [0.15, 0.2) is 0 Å². The van der Waals surface area contributed by atoms with Gasteiger partial charge in [0, 0.05) is 0 Å². The predicted octanol–water partition coefficient (Wildman–Crippen LogP) is 0.327. The summed E-state index contributed by atoms with van der Waals surface area (Å²) in [6, 6.07) is 4.94. The minimum atomic E-state index is -1.08. The molecule has 0 radical (unpaired) electrons. The topological polar surface area (TPSA) is 80.4 Å². The van der Waals surface area contributed by atoms with E-state index < -0.39 is 5.97 Å². The molecular formula is C8H7NO3. The monoisotopic (exact) mass is 165 g/mol. The van der Waals surface area contributed by atoms with Crippen LogP contribution in [0, 0.1) is 0 Å². The van der Waals surface area contributed by atoms with Gasteiger partial charge >= 0.3 is 5.97 Å². The molecule has 12 heavy (non-hydrogen) atoms. The zero-order valence-corrected chi connectivity index (χ0v) is 6.15. The number of nitrogens with two attached hydrogens (primary N) is 1. The minimum Gasteiger partial charge on any atom is -0.478 e. The molecule has 0 atom stereocenters. The number of anilines is 1. The summed E-state index contributed by atoms with van der Waals surface area (Å²) in [6.07, 6.45) is 0. The summed E-state index contributed by atoms with van der Waals surface area (Å²) in [5, 5.41) is 8.53. The second-order valence-electron chi connectivity index (χ2n) is 2.25. The van der Waals surface area contributed by atoms with Crippen LogP contribution in [0.2, 0.25) is 0 Å². The molecule has 1 aromatic rings. The molecule has 1 rings (SSSR count). The molecule has 4 nitrogen and oxygen atoms in total. The van der Waals surface area contributed by atoms with E-state index in [1.54, 1.807) is 0 Å². The van der Waals surface area contributed by atoms with E-state index in [9.17, 15) is 9.59 Å². The van der Waals surface area contributed by atoms with Gasteiger partial charge in [-0.05, 0) is 24.3 Å². The molecule has 0 aliphatic carbocycles. The molecule has 0 fully saturated rings. The minimum absolute atomic E-state index is 0.0440. The van der Waals surface area contributed by atoms with Crippen molar-refractivity contribution in [3.05, 3.63) is 40.1 Å². The standard InChI is InChI=1S/C8H7NO3/c9-6-3-1-5(8(11)12)2-4-7(6)10/h1-4H,(H2,9,10)(H,11,12). The fourth-order valence-electron chi connectivity index (χ4n) is 0.722. The van der Waals surface area contributed by atoms with E-state index in [1.807, 2.05) is 0 Å². The highest BCUT2D eigenvalue weighted by molar-refractivity contribution is 5.87. The SMILES string of the molecule is Nc1ccc(C(=O)O)ccc1=O. The molecule has 0 saturated heterocycles. The Labute approximate surface area is 68.3 Å². The number of hydrogen-bond acceptors (Lipinski definition) is 3. The van der Waals surface area contributed by atoms with Crippen LogP contribution in [0.15, 0.2) is 29.1 Å². The third-order valence-corrected chi connectivity index (χ3v) is 1.39. The zero-order chi connectivity index (χ0) is 9.14. The van der Waals surface area contributed by atoms with Gasteiger partial charge in [-0.3, -0.25) is 4.79 Å². The van der Waals surface area contributed by atoms with Crippen LogP contribution >= 0.6 is 0 Å². The van der Waals surface area contributed by atoms with Crippen LogP contribution < -0.4 is 11.2 Å². The quantitative estimate of drug-likeness (QED) is 0.628. The van der Waals surface area contributed by atoms with Crippen LogP contribution in [-0.2, 0) is 0 Å². The van der Waals surface area contributed by atoms with Crippen molar-refractivity contribution < 1.29 is 9.90 Å². The second kappa shape index (κ2) is 3.04. The van der Waals surface area contributed by atoms with Crippen molar-refractivity contribution in [2.75, 3.05) is 5.73 Å². The molecule has 0 heterocycles. The molecule has 0 saturated carbocycles. The molecule has 0 aliphatic heterocycles. The average molecular weight is 165 g/mol. The largest absolute Gasteiger partial charge is 0.478 e. The molecule has 0 spiro atoms. The number of hydrogen-bond donors (Lipinski definition) is 2. The van der Waals surface area contributed by atoms with Crippen LogP contribution in [0.4, 0.5) is 5.69 Å². The highest BCUT2D eigenvalue weighted by atomic mass is 16.4. The van der Waals surface area contributed by atoms with Gasteiger partial charge in [0.05, 0.1) is 11.3 Å². The first-order chi connectivity index (χ1) is 5.61. The Hall–Kier alpha value is -1.84. The summed E-state index contributed by atoms with van der Waals surface area (Å²) in [4.78, 5) is 21.3. The van der Waals surface area contributed by atoms with E-state index in [-0.39, 0.29) is 16.7 Å². The number of carboxylic acid groups (broad SMARTS) is 1. The number of carboxylic acids is 1. The zero-order valence-electron chi connectivity index (χ0n) is 6.15. The molecule has 4 heteroatoms. The lowest BCUT2D eigenvalue weighted by Gasteiger charge is -1.83. The Bertz CT molecular complexity index is 373. The van der Waals surface area contributed by atoms with Gasteiger partial charge in [-0.2, -0.15) is 0 Å². The second-order valence-corrected chi connectivity index (χ2v) is 2.25. The maximum atomic E-state index is 10.9. The highest BCUT2D eigenvalue weighted by Gasteiger charge is 1.99. The third kappa shape index (κ3) is 1.60. The highest BCUT2D eigenvalue weighted by Crippen LogP contribution is 1.97. The Morgan fingerprint density at radius 2 is 1.83 bits per heavy atom. The molecule has 3 N–H and O–H groups in total. The lowest BCUT2D eigenvalue weighted by atomic mass is 10.3. The van der Waals surface area contributed by atoms with E-state index >= 15 is 0 Å². The van der Waals surface area contributed by atoms with Crippen LogP contribution in [0.3, 0.4) is 0 Å². The Morgan fingerprint density at radius 3 is 2.42 bits per heavy atom.